The van der Waals surface area contributed by atoms with Gasteiger partial charge in [0.2, 0.25) is 0 Å². The van der Waals surface area contributed by atoms with E-state index in [0.29, 0.717) is 11.6 Å². The summed E-state index contributed by atoms with van der Waals surface area (Å²) in [6.45, 7) is 0. The van der Waals surface area contributed by atoms with Gasteiger partial charge >= 0.3 is 0 Å². The van der Waals surface area contributed by atoms with Crippen molar-refractivity contribution in [2.24, 2.45) is 0 Å². The standard InChI is InChI=1S/C9H7IN2O/c10-7-4-2-1-3-6(7)8-5-9(11)12-13-8/h1-5H,(H2,11,12). The highest BCUT2D eigenvalue weighted by molar-refractivity contribution is 14.1. The average molecular weight is 286 g/mol. The molecule has 0 aliphatic heterocycles. The Morgan fingerprint density at radius 2 is 2.08 bits per heavy atom. The number of benzene rings is 1. The molecule has 0 atom stereocenters. The van der Waals surface area contributed by atoms with Crippen LogP contribution in [0.1, 0.15) is 0 Å². The monoisotopic (exact) mass is 286 g/mol. The van der Waals surface area contributed by atoms with E-state index >= 15 is 0 Å². The van der Waals surface area contributed by atoms with Crippen molar-refractivity contribution in [2.75, 3.05) is 5.73 Å². The van der Waals surface area contributed by atoms with Crippen molar-refractivity contribution in [2.45, 2.75) is 0 Å². The third-order valence-electron chi connectivity index (χ3n) is 1.67. The molecule has 66 valence electrons. The zero-order valence-electron chi connectivity index (χ0n) is 6.70. The first kappa shape index (κ1) is 8.55. The minimum atomic E-state index is 0.412. The lowest BCUT2D eigenvalue weighted by Gasteiger charge is -1.97. The zero-order valence-corrected chi connectivity index (χ0v) is 8.86. The number of hydrogen-bond acceptors (Lipinski definition) is 3. The first-order valence-corrected chi connectivity index (χ1v) is 4.82. The van der Waals surface area contributed by atoms with Crippen LogP contribution in [0.4, 0.5) is 5.82 Å². The molecule has 0 unspecified atom stereocenters. The summed E-state index contributed by atoms with van der Waals surface area (Å²) in [6.07, 6.45) is 0. The largest absolute Gasteiger partial charge is 0.381 e. The second-order valence-corrected chi connectivity index (χ2v) is 3.76. The maximum absolute atomic E-state index is 5.46. The molecule has 0 radical (unpaired) electrons. The van der Waals surface area contributed by atoms with Gasteiger partial charge in [-0.15, -0.1) is 0 Å². The Bertz CT molecular complexity index is 425. The van der Waals surface area contributed by atoms with E-state index in [4.69, 9.17) is 10.3 Å². The fraction of sp³-hybridized carbons (Fsp3) is 0. The van der Waals surface area contributed by atoms with Crippen molar-refractivity contribution in [3.05, 3.63) is 33.9 Å². The third-order valence-corrected chi connectivity index (χ3v) is 2.61. The van der Waals surface area contributed by atoms with Gasteiger partial charge in [-0.25, -0.2) is 0 Å². The number of nitrogens with zero attached hydrogens (tertiary/aromatic N) is 1. The van der Waals surface area contributed by atoms with Crippen LogP contribution >= 0.6 is 22.6 Å². The van der Waals surface area contributed by atoms with Crippen LogP contribution in [0.5, 0.6) is 0 Å². The van der Waals surface area contributed by atoms with Gasteiger partial charge in [-0.1, -0.05) is 23.4 Å². The summed E-state index contributed by atoms with van der Waals surface area (Å²) in [6, 6.07) is 9.63. The topological polar surface area (TPSA) is 52.0 Å². The Labute approximate surface area is 89.1 Å². The van der Waals surface area contributed by atoms with E-state index in [9.17, 15) is 0 Å². The molecule has 1 heterocycles. The molecular formula is C9H7IN2O. The van der Waals surface area contributed by atoms with Crippen LogP contribution in [0.25, 0.3) is 11.3 Å². The molecule has 0 saturated heterocycles. The predicted molar refractivity (Wildman–Crippen MR) is 59.1 cm³/mol. The van der Waals surface area contributed by atoms with Gasteiger partial charge < -0.3 is 10.3 Å². The summed E-state index contributed by atoms with van der Waals surface area (Å²) in [5.74, 6) is 1.12. The van der Waals surface area contributed by atoms with Crippen molar-refractivity contribution in [1.82, 2.24) is 5.16 Å². The second-order valence-electron chi connectivity index (χ2n) is 2.60. The van der Waals surface area contributed by atoms with Crippen molar-refractivity contribution >= 4 is 28.4 Å². The molecule has 0 aliphatic rings. The van der Waals surface area contributed by atoms with E-state index in [1.165, 1.54) is 0 Å². The molecule has 4 heteroatoms. The number of aromatic nitrogens is 1. The molecule has 1 aromatic carbocycles. The first-order valence-electron chi connectivity index (χ1n) is 3.74. The van der Waals surface area contributed by atoms with Crippen molar-refractivity contribution in [1.29, 1.82) is 0 Å². The summed E-state index contributed by atoms with van der Waals surface area (Å²) in [4.78, 5) is 0. The molecule has 0 spiro atoms. The molecule has 3 nitrogen and oxygen atoms in total. The summed E-state index contributed by atoms with van der Waals surface area (Å²) in [7, 11) is 0. The van der Waals surface area contributed by atoms with E-state index in [1.807, 2.05) is 24.3 Å². The Morgan fingerprint density at radius 1 is 1.31 bits per heavy atom. The van der Waals surface area contributed by atoms with Crippen LogP contribution in [-0.2, 0) is 0 Å². The average Bonchev–Trinajstić information content (AvgIpc) is 2.53. The third kappa shape index (κ3) is 1.67. The fourth-order valence-electron chi connectivity index (χ4n) is 1.08. The van der Waals surface area contributed by atoms with Crippen LogP contribution < -0.4 is 5.73 Å². The van der Waals surface area contributed by atoms with E-state index in [2.05, 4.69) is 27.7 Å². The maximum atomic E-state index is 5.46. The Hall–Kier alpha value is -1.04. The molecule has 2 aromatic rings. The fourth-order valence-corrected chi connectivity index (χ4v) is 1.73. The number of halogens is 1. The van der Waals surface area contributed by atoms with Gasteiger partial charge in [0.25, 0.3) is 0 Å². The molecule has 2 rings (SSSR count). The maximum Gasteiger partial charge on any atom is 0.170 e. The number of nitrogen functional groups attached to an aromatic ring is 1. The zero-order chi connectivity index (χ0) is 9.26. The van der Waals surface area contributed by atoms with Crippen LogP contribution in [0.2, 0.25) is 0 Å². The quantitative estimate of drug-likeness (QED) is 0.819. The summed E-state index contributed by atoms with van der Waals surface area (Å²) < 4.78 is 6.17. The Kier molecular flexibility index (Phi) is 2.22. The molecule has 2 N–H and O–H groups in total. The molecule has 0 saturated carbocycles. The normalized spacial score (nSPS) is 10.2. The lowest BCUT2D eigenvalue weighted by Crippen LogP contribution is -1.80. The van der Waals surface area contributed by atoms with E-state index in [-0.39, 0.29) is 0 Å². The molecule has 0 amide bonds. The van der Waals surface area contributed by atoms with Gasteiger partial charge in [0.1, 0.15) is 0 Å². The van der Waals surface area contributed by atoms with Gasteiger partial charge in [0, 0.05) is 15.2 Å². The van der Waals surface area contributed by atoms with Crippen LogP contribution in [-0.4, -0.2) is 5.16 Å². The number of rotatable bonds is 1. The lowest BCUT2D eigenvalue weighted by atomic mass is 10.2. The predicted octanol–water partition coefficient (Wildman–Crippen LogP) is 2.53. The molecule has 13 heavy (non-hydrogen) atoms. The van der Waals surface area contributed by atoms with Gasteiger partial charge in [-0.05, 0) is 28.7 Å². The Balaban J connectivity index is 2.52. The number of nitrogens with two attached hydrogens (primary N) is 1. The van der Waals surface area contributed by atoms with E-state index < -0.39 is 0 Å². The highest BCUT2D eigenvalue weighted by atomic mass is 127. The summed E-state index contributed by atoms with van der Waals surface area (Å²) >= 11 is 2.24. The summed E-state index contributed by atoms with van der Waals surface area (Å²) in [5.41, 5.74) is 6.48. The van der Waals surface area contributed by atoms with Crippen LogP contribution in [0.15, 0.2) is 34.9 Å². The number of anilines is 1. The van der Waals surface area contributed by atoms with Gasteiger partial charge in [-0.2, -0.15) is 0 Å². The molecule has 0 fully saturated rings. The summed E-state index contributed by atoms with van der Waals surface area (Å²) in [5, 5.41) is 3.63. The minimum absolute atomic E-state index is 0.412. The SMILES string of the molecule is Nc1cc(-c2ccccc2I)on1. The van der Waals surface area contributed by atoms with E-state index in [1.54, 1.807) is 6.07 Å². The first-order chi connectivity index (χ1) is 6.27. The van der Waals surface area contributed by atoms with E-state index in [0.717, 1.165) is 9.13 Å². The van der Waals surface area contributed by atoms with Gasteiger partial charge in [0.15, 0.2) is 11.6 Å². The minimum Gasteiger partial charge on any atom is -0.381 e. The van der Waals surface area contributed by atoms with Crippen molar-refractivity contribution in [3.63, 3.8) is 0 Å². The number of hydrogen-bond donors (Lipinski definition) is 1. The molecular weight excluding hydrogens is 279 g/mol. The van der Waals surface area contributed by atoms with Gasteiger partial charge in [0.05, 0.1) is 0 Å². The molecule has 0 aliphatic carbocycles. The van der Waals surface area contributed by atoms with Crippen molar-refractivity contribution in [3.8, 4) is 11.3 Å². The highest BCUT2D eigenvalue weighted by Crippen LogP contribution is 2.25. The lowest BCUT2D eigenvalue weighted by molar-refractivity contribution is 0.435. The van der Waals surface area contributed by atoms with Crippen molar-refractivity contribution < 1.29 is 4.52 Å². The smallest absolute Gasteiger partial charge is 0.170 e. The van der Waals surface area contributed by atoms with Crippen LogP contribution in [0, 0.1) is 3.57 Å². The second kappa shape index (κ2) is 3.37. The molecule has 0 bridgehead atoms. The van der Waals surface area contributed by atoms with Gasteiger partial charge in [-0.3, -0.25) is 0 Å². The Morgan fingerprint density at radius 3 is 2.69 bits per heavy atom. The highest BCUT2D eigenvalue weighted by Gasteiger charge is 2.06. The van der Waals surface area contributed by atoms with Crippen LogP contribution in [0.3, 0.4) is 0 Å². The molecule has 1 aromatic heterocycles.